The molecule has 1 amide bonds. The average molecular weight is 322 g/mol. The van der Waals surface area contributed by atoms with Crippen LogP contribution in [-0.2, 0) is 14.3 Å². The third-order valence-corrected chi connectivity index (χ3v) is 3.42. The minimum Gasteiger partial charge on any atom is -0.497 e. The molecule has 0 radical (unpaired) electrons. The standard InChI is InChI=1S/C16H22N2O5/c1-16(22-7-4-8-23-16)10-15(19)18-17-11-12-5-6-13(20-2)9-14(12)21-3/h5-6,9,11H,4,7-8,10H2,1-3H3,(H,18,19)/b17-11-. The number of carbonyl (C=O) groups excluding carboxylic acids is 1. The van der Waals surface area contributed by atoms with E-state index in [-0.39, 0.29) is 12.3 Å². The Morgan fingerprint density at radius 1 is 1.35 bits per heavy atom. The molecular weight excluding hydrogens is 300 g/mol. The highest BCUT2D eigenvalue weighted by molar-refractivity contribution is 5.85. The highest BCUT2D eigenvalue weighted by atomic mass is 16.7. The van der Waals surface area contributed by atoms with Gasteiger partial charge in [-0.25, -0.2) is 5.43 Å². The van der Waals surface area contributed by atoms with Crippen LogP contribution >= 0.6 is 0 Å². The van der Waals surface area contributed by atoms with Gasteiger partial charge in [0.25, 0.3) is 0 Å². The molecule has 0 atom stereocenters. The predicted molar refractivity (Wildman–Crippen MR) is 84.8 cm³/mol. The number of methoxy groups -OCH3 is 2. The van der Waals surface area contributed by atoms with Gasteiger partial charge in [0.2, 0.25) is 5.91 Å². The molecule has 7 nitrogen and oxygen atoms in total. The van der Waals surface area contributed by atoms with E-state index in [1.165, 1.54) is 6.21 Å². The Morgan fingerprint density at radius 2 is 2.09 bits per heavy atom. The van der Waals surface area contributed by atoms with Gasteiger partial charge in [-0.15, -0.1) is 0 Å². The van der Waals surface area contributed by atoms with Crippen molar-refractivity contribution in [2.24, 2.45) is 5.10 Å². The molecule has 2 rings (SSSR count). The molecule has 1 aromatic carbocycles. The van der Waals surface area contributed by atoms with Gasteiger partial charge in [0, 0.05) is 11.6 Å². The number of carbonyl (C=O) groups is 1. The van der Waals surface area contributed by atoms with Gasteiger partial charge in [0.1, 0.15) is 11.5 Å². The number of hydrogen-bond donors (Lipinski definition) is 1. The minimum atomic E-state index is -0.879. The van der Waals surface area contributed by atoms with E-state index in [1.807, 2.05) is 0 Å². The van der Waals surface area contributed by atoms with Gasteiger partial charge in [0.15, 0.2) is 5.79 Å². The highest BCUT2D eigenvalue weighted by Gasteiger charge is 2.31. The van der Waals surface area contributed by atoms with Crippen molar-refractivity contribution in [3.05, 3.63) is 23.8 Å². The van der Waals surface area contributed by atoms with Crippen molar-refractivity contribution < 1.29 is 23.7 Å². The molecule has 0 aliphatic carbocycles. The molecule has 1 heterocycles. The number of nitrogens with one attached hydrogen (secondary N) is 1. The number of benzene rings is 1. The lowest BCUT2D eigenvalue weighted by Crippen LogP contribution is -2.41. The Morgan fingerprint density at radius 3 is 2.74 bits per heavy atom. The molecule has 23 heavy (non-hydrogen) atoms. The van der Waals surface area contributed by atoms with Crippen LogP contribution in [0.3, 0.4) is 0 Å². The quantitative estimate of drug-likeness (QED) is 0.637. The van der Waals surface area contributed by atoms with Gasteiger partial charge in [-0.1, -0.05) is 0 Å². The van der Waals surface area contributed by atoms with E-state index in [0.717, 1.165) is 12.0 Å². The number of nitrogens with zero attached hydrogens (tertiary/aromatic N) is 1. The first-order valence-corrected chi connectivity index (χ1v) is 7.38. The summed E-state index contributed by atoms with van der Waals surface area (Å²) in [5.41, 5.74) is 3.19. The lowest BCUT2D eigenvalue weighted by molar-refractivity contribution is -0.256. The maximum atomic E-state index is 11.9. The molecule has 1 fully saturated rings. The normalized spacial score (nSPS) is 17.0. The van der Waals surface area contributed by atoms with Crippen molar-refractivity contribution in [1.82, 2.24) is 5.43 Å². The topological polar surface area (TPSA) is 78.4 Å². The SMILES string of the molecule is COc1ccc(/C=N\NC(=O)CC2(C)OCCCO2)c(OC)c1. The molecule has 1 N–H and O–H groups in total. The first-order chi connectivity index (χ1) is 11.1. The van der Waals surface area contributed by atoms with Crippen LogP contribution in [0.2, 0.25) is 0 Å². The summed E-state index contributed by atoms with van der Waals surface area (Å²) in [5.74, 6) is 0.129. The summed E-state index contributed by atoms with van der Waals surface area (Å²) in [5, 5.41) is 3.95. The van der Waals surface area contributed by atoms with Crippen LogP contribution in [0, 0.1) is 0 Å². The van der Waals surface area contributed by atoms with Crippen LogP contribution < -0.4 is 14.9 Å². The summed E-state index contributed by atoms with van der Waals surface area (Å²) in [6, 6.07) is 5.33. The van der Waals surface area contributed by atoms with Crippen molar-refractivity contribution in [3.8, 4) is 11.5 Å². The Kier molecular flexibility index (Phi) is 5.95. The monoisotopic (exact) mass is 322 g/mol. The Labute approximate surface area is 135 Å². The molecule has 1 aromatic rings. The van der Waals surface area contributed by atoms with Crippen LogP contribution in [0.25, 0.3) is 0 Å². The van der Waals surface area contributed by atoms with E-state index in [9.17, 15) is 4.79 Å². The van der Waals surface area contributed by atoms with E-state index in [0.29, 0.717) is 24.7 Å². The van der Waals surface area contributed by atoms with Crippen molar-refractivity contribution in [2.75, 3.05) is 27.4 Å². The summed E-state index contributed by atoms with van der Waals surface area (Å²) in [6.07, 6.45) is 2.44. The zero-order valence-corrected chi connectivity index (χ0v) is 13.6. The number of ether oxygens (including phenoxy) is 4. The first-order valence-electron chi connectivity index (χ1n) is 7.38. The van der Waals surface area contributed by atoms with Crippen molar-refractivity contribution in [2.45, 2.75) is 25.6 Å². The predicted octanol–water partition coefficient (Wildman–Crippen LogP) is 1.70. The summed E-state index contributed by atoms with van der Waals surface area (Å²) in [7, 11) is 3.14. The van der Waals surface area contributed by atoms with Crippen LogP contribution in [0.15, 0.2) is 23.3 Å². The fourth-order valence-electron chi connectivity index (χ4n) is 2.21. The molecule has 1 aliphatic heterocycles. The number of hydrazone groups is 1. The van der Waals surface area contributed by atoms with Crippen LogP contribution in [-0.4, -0.2) is 45.3 Å². The highest BCUT2D eigenvalue weighted by Crippen LogP contribution is 2.23. The van der Waals surface area contributed by atoms with Gasteiger partial charge in [-0.2, -0.15) is 5.10 Å². The van der Waals surface area contributed by atoms with E-state index in [4.69, 9.17) is 18.9 Å². The molecule has 7 heteroatoms. The van der Waals surface area contributed by atoms with Crippen LogP contribution in [0.1, 0.15) is 25.3 Å². The summed E-state index contributed by atoms with van der Waals surface area (Å²) < 4.78 is 21.4. The molecule has 1 aliphatic rings. The molecule has 126 valence electrons. The second-order valence-corrected chi connectivity index (χ2v) is 5.26. The molecular formula is C16H22N2O5. The Balaban J connectivity index is 1.92. The molecule has 0 bridgehead atoms. The van der Waals surface area contributed by atoms with E-state index >= 15 is 0 Å². The van der Waals surface area contributed by atoms with E-state index < -0.39 is 5.79 Å². The molecule has 0 saturated carbocycles. The van der Waals surface area contributed by atoms with Gasteiger partial charge < -0.3 is 18.9 Å². The lowest BCUT2D eigenvalue weighted by atomic mass is 10.2. The fourth-order valence-corrected chi connectivity index (χ4v) is 2.21. The van der Waals surface area contributed by atoms with Crippen LogP contribution in [0.4, 0.5) is 0 Å². The van der Waals surface area contributed by atoms with E-state index in [1.54, 1.807) is 39.3 Å². The van der Waals surface area contributed by atoms with Crippen molar-refractivity contribution >= 4 is 12.1 Å². The molecule has 0 spiro atoms. The maximum Gasteiger partial charge on any atom is 0.245 e. The molecule has 0 aromatic heterocycles. The maximum absolute atomic E-state index is 11.9. The fraction of sp³-hybridized carbons (Fsp3) is 0.500. The third-order valence-electron chi connectivity index (χ3n) is 3.42. The number of amides is 1. The smallest absolute Gasteiger partial charge is 0.245 e. The largest absolute Gasteiger partial charge is 0.497 e. The summed E-state index contributed by atoms with van der Waals surface area (Å²) in [6.45, 7) is 2.94. The van der Waals surface area contributed by atoms with Crippen molar-refractivity contribution in [3.63, 3.8) is 0 Å². The number of hydrogen-bond acceptors (Lipinski definition) is 6. The summed E-state index contributed by atoms with van der Waals surface area (Å²) in [4.78, 5) is 11.9. The lowest BCUT2D eigenvalue weighted by Gasteiger charge is -2.33. The third kappa shape index (κ3) is 4.94. The Hall–Kier alpha value is -2.12. The zero-order valence-electron chi connectivity index (χ0n) is 13.6. The second-order valence-electron chi connectivity index (χ2n) is 5.26. The summed E-state index contributed by atoms with van der Waals surface area (Å²) >= 11 is 0. The number of rotatable bonds is 6. The first kappa shape index (κ1) is 17.2. The molecule has 1 saturated heterocycles. The van der Waals surface area contributed by atoms with E-state index in [2.05, 4.69) is 10.5 Å². The van der Waals surface area contributed by atoms with Crippen LogP contribution in [0.5, 0.6) is 11.5 Å². The average Bonchev–Trinajstić information content (AvgIpc) is 2.55. The van der Waals surface area contributed by atoms with Gasteiger partial charge >= 0.3 is 0 Å². The van der Waals surface area contributed by atoms with Gasteiger partial charge in [-0.05, 0) is 25.5 Å². The zero-order chi connectivity index (χ0) is 16.7. The minimum absolute atomic E-state index is 0.0874. The van der Waals surface area contributed by atoms with Gasteiger partial charge in [0.05, 0.1) is 40.1 Å². The molecule has 0 unspecified atom stereocenters. The van der Waals surface area contributed by atoms with Crippen molar-refractivity contribution in [1.29, 1.82) is 0 Å². The second kappa shape index (κ2) is 7.94. The Bertz CT molecular complexity index is 568. The van der Waals surface area contributed by atoms with Gasteiger partial charge in [-0.3, -0.25) is 4.79 Å².